The van der Waals surface area contributed by atoms with E-state index < -0.39 is 9.24 Å². The predicted octanol–water partition coefficient (Wildman–Crippen LogP) is 8.38. The van der Waals surface area contributed by atoms with Crippen molar-refractivity contribution in [3.8, 4) is 5.75 Å². The van der Waals surface area contributed by atoms with E-state index in [9.17, 15) is 4.79 Å². The molecule has 3 aromatic rings. The molecule has 180 valence electrons. The molecule has 0 heterocycles. The van der Waals surface area contributed by atoms with Crippen LogP contribution in [0.3, 0.4) is 0 Å². The second-order valence-corrected chi connectivity index (χ2v) is 12.9. The van der Waals surface area contributed by atoms with Crippen molar-refractivity contribution < 1.29 is 14.3 Å². The van der Waals surface area contributed by atoms with Crippen molar-refractivity contribution in [1.82, 2.24) is 0 Å². The molecule has 0 aliphatic heterocycles. The van der Waals surface area contributed by atoms with E-state index in [0.717, 1.165) is 63.7 Å². The van der Waals surface area contributed by atoms with Crippen LogP contribution in [-0.4, -0.2) is 18.2 Å². The highest BCUT2D eigenvalue weighted by molar-refractivity contribution is 8.51. The molecule has 0 amide bonds. The minimum atomic E-state index is -1.97. The average Bonchev–Trinajstić information content (AvgIpc) is 3.32. The standard InChI is InChI=1S/C29H33ClO3S/c1-4-29(17-11-12-18-29)33-27(31)21-32-28-22(2)19-26(20-23(28)3)34(30,24-13-7-5-8-14-24)25-15-9-6-10-16-25/h5-10,13-16,19-20H,4,11-12,17-18,21H2,1-3H3. The predicted molar refractivity (Wildman–Crippen MR) is 140 cm³/mol. The summed E-state index contributed by atoms with van der Waals surface area (Å²) < 4.78 is 11.9. The van der Waals surface area contributed by atoms with Gasteiger partial charge in [0.05, 0.1) is 0 Å². The third-order valence-electron chi connectivity index (χ3n) is 6.72. The van der Waals surface area contributed by atoms with Crippen molar-refractivity contribution in [3.63, 3.8) is 0 Å². The highest BCUT2D eigenvalue weighted by Crippen LogP contribution is 2.72. The van der Waals surface area contributed by atoms with E-state index in [1.165, 1.54) is 0 Å². The quantitative estimate of drug-likeness (QED) is 0.294. The largest absolute Gasteiger partial charge is 0.481 e. The summed E-state index contributed by atoms with van der Waals surface area (Å²) in [5, 5.41) is 0. The lowest BCUT2D eigenvalue weighted by molar-refractivity contribution is -0.162. The van der Waals surface area contributed by atoms with Crippen molar-refractivity contribution >= 4 is 25.9 Å². The second-order valence-electron chi connectivity index (χ2n) is 9.06. The van der Waals surface area contributed by atoms with Crippen molar-refractivity contribution in [3.05, 3.63) is 83.9 Å². The summed E-state index contributed by atoms with van der Waals surface area (Å²) in [6.07, 6.45) is 4.98. The fourth-order valence-corrected chi connectivity index (χ4v) is 8.32. The topological polar surface area (TPSA) is 35.5 Å². The van der Waals surface area contributed by atoms with Crippen LogP contribution in [0.25, 0.3) is 0 Å². The van der Waals surface area contributed by atoms with Crippen LogP contribution >= 0.6 is 19.9 Å². The molecule has 0 unspecified atom stereocenters. The van der Waals surface area contributed by atoms with Crippen molar-refractivity contribution in [1.29, 1.82) is 0 Å². The van der Waals surface area contributed by atoms with E-state index in [2.05, 4.69) is 43.3 Å². The zero-order chi connectivity index (χ0) is 24.2. The summed E-state index contributed by atoms with van der Waals surface area (Å²) in [5.74, 6) is 0.426. The van der Waals surface area contributed by atoms with Gasteiger partial charge in [0.15, 0.2) is 6.61 Å². The summed E-state index contributed by atoms with van der Waals surface area (Å²) in [6, 6.07) is 24.7. The first-order chi connectivity index (χ1) is 16.4. The van der Waals surface area contributed by atoms with E-state index in [1.54, 1.807) is 0 Å². The molecule has 0 saturated heterocycles. The summed E-state index contributed by atoms with van der Waals surface area (Å²) in [6.45, 7) is 6.02. The number of carbonyl (C=O) groups excluding carboxylic acids is 1. The molecular weight excluding hydrogens is 464 g/mol. The molecule has 1 fully saturated rings. The molecule has 0 atom stereocenters. The van der Waals surface area contributed by atoms with Gasteiger partial charge < -0.3 is 9.47 Å². The number of rotatable bonds is 8. The van der Waals surface area contributed by atoms with Gasteiger partial charge in [0, 0.05) is 14.7 Å². The fraction of sp³-hybridized carbons (Fsp3) is 0.345. The number of aryl methyl sites for hydroxylation is 2. The van der Waals surface area contributed by atoms with Gasteiger partial charge in [-0.2, -0.15) is 0 Å². The Balaban J connectivity index is 1.60. The molecule has 1 saturated carbocycles. The molecule has 4 rings (SSSR count). The molecule has 1 aliphatic rings. The van der Waals surface area contributed by atoms with Crippen molar-refractivity contribution in [2.24, 2.45) is 0 Å². The van der Waals surface area contributed by atoms with Crippen LogP contribution in [0.4, 0.5) is 0 Å². The van der Waals surface area contributed by atoms with Gasteiger partial charge in [0.2, 0.25) is 0 Å². The molecular formula is C29H33ClO3S. The highest BCUT2D eigenvalue weighted by Gasteiger charge is 2.36. The molecule has 0 aromatic heterocycles. The van der Waals surface area contributed by atoms with Gasteiger partial charge in [0.1, 0.15) is 11.4 Å². The number of esters is 1. The van der Waals surface area contributed by atoms with Crippen molar-refractivity contribution in [2.75, 3.05) is 6.61 Å². The van der Waals surface area contributed by atoms with Crippen LogP contribution < -0.4 is 4.74 Å². The van der Waals surface area contributed by atoms with Crippen LogP contribution in [0.15, 0.2) is 87.5 Å². The van der Waals surface area contributed by atoms with Crippen LogP contribution in [0, 0.1) is 13.8 Å². The Kier molecular flexibility index (Phi) is 7.59. The third-order valence-corrected chi connectivity index (χ3v) is 11.1. The van der Waals surface area contributed by atoms with Gasteiger partial charge >= 0.3 is 5.97 Å². The zero-order valence-electron chi connectivity index (χ0n) is 20.2. The third kappa shape index (κ3) is 4.99. The Labute approximate surface area is 209 Å². The normalized spacial score (nSPS) is 15.6. The maximum Gasteiger partial charge on any atom is 0.344 e. The Morgan fingerprint density at radius 2 is 1.38 bits per heavy atom. The molecule has 0 bridgehead atoms. The van der Waals surface area contributed by atoms with Gasteiger partial charge in [-0.1, -0.05) is 63.2 Å². The molecule has 1 aliphatic carbocycles. The molecule has 0 radical (unpaired) electrons. The second kappa shape index (κ2) is 10.5. The maximum atomic E-state index is 12.6. The van der Waals surface area contributed by atoms with E-state index in [-0.39, 0.29) is 18.2 Å². The lowest BCUT2D eigenvalue weighted by Gasteiger charge is -2.35. The van der Waals surface area contributed by atoms with E-state index in [0.29, 0.717) is 0 Å². The number of carbonyl (C=O) groups is 1. The molecule has 0 N–H and O–H groups in total. The van der Waals surface area contributed by atoms with Crippen LogP contribution in [-0.2, 0) is 9.53 Å². The minimum absolute atomic E-state index is 0.0843. The summed E-state index contributed by atoms with van der Waals surface area (Å²) in [7, 11) is 5.56. The Bertz CT molecular complexity index is 1060. The number of halogens is 1. The first-order valence-corrected chi connectivity index (χ1v) is 14.4. The molecule has 3 aromatic carbocycles. The Hall–Kier alpha value is -2.43. The summed E-state index contributed by atoms with van der Waals surface area (Å²) in [5.41, 5.74) is 1.61. The number of benzene rings is 3. The molecule has 3 nitrogen and oxygen atoms in total. The van der Waals surface area contributed by atoms with Crippen LogP contribution in [0.5, 0.6) is 5.75 Å². The van der Waals surface area contributed by atoms with Gasteiger partial charge in [0.25, 0.3) is 0 Å². The van der Waals surface area contributed by atoms with E-state index in [1.807, 2.05) is 50.2 Å². The molecule has 34 heavy (non-hydrogen) atoms. The number of hydrogen-bond acceptors (Lipinski definition) is 3. The first kappa shape index (κ1) is 24.7. The van der Waals surface area contributed by atoms with E-state index in [4.69, 9.17) is 20.2 Å². The smallest absolute Gasteiger partial charge is 0.344 e. The maximum absolute atomic E-state index is 12.6. The fourth-order valence-electron chi connectivity index (χ4n) is 4.87. The Morgan fingerprint density at radius 1 is 0.882 bits per heavy atom. The highest BCUT2D eigenvalue weighted by atomic mass is 35.7. The van der Waals surface area contributed by atoms with Crippen LogP contribution in [0.2, 0.25) is 0 Å². The van der Waals surface area contributed by atoms with Gasteiger partial charge in [-0.25, -0.2) is 4.79 Å². The molecule has 5 heteroatoms. The van der Waals surface area contributed by atoms with Gasteiger partial charge in [-0.3, -0.25) is 0 Å². The average molecular weight is 497 g/mol. The lowest BCUT2D eigenvalue weighted by atomic mass is 9.99. The van der Waals surface area contributed by atoms with Gasteiger partial charge in [-0.15, -0.1) is 0 Å². The number of hydrogen-bond donors (Lipinski definition) is 0. The monoisotopic (exact) mass is 496 g/mol. The van der Waals surface area contributed by atoms with Crippen LogP contribution in [0.1, 0.15) is 50.2 Å². The number of ether oxygens (including phenoxy) is 2. The molecule has 0 spiro atoms. The first-order valence-electron chi connectivity index (χ1n) is 12.0. The van der Waals surface area contributed by atoms with Crippen molar-refractivity contribution in [2.45, 2.75) is 73.2 Å². The lowest BCUT2D eigenvalue weighted by Crippen LogP contribution is -2.33. The van der Waals surface area contributed by atoms with E-state index >= 15 is 0 Å². The summed E-state index contributed by atoms with van der Waals surface area (Å²) in [4.78, 5) is 15.8. The zero-order valence-corrected chi connectivity index (χ0v) is 21.8. The Morgan fingerprint density at radius 3 is 1.85 bits per heavy atom. The van der Waals surface area contributed by atoms with Gasteiger partial charge in [-0.05, 0) is 93.5 Å². The minimum Gasteiger partial charge on any atom is -0.481 e. The summed E-state index contributed by atoms with van der Waals surface area (Å²) >= 11 is 0. The SMILES string of the molecule is CCC1(OC(=O)COc2c(C)cc(S(Cl)(c3ccccc3)c3ccccc3)cc2C)CCCC1.